The second-order valence-electron chi connectivity index (χ2n) is 5.51. The zero-order valence-electron chi connectivity index (χ0n) is 12.4. The van der Waals surface area contributed by atoms with Gasteiger partial charge >= 0.3 is 0 Å². The molecule has 2 heteroatoms. The van der Waals surface area contributed by atoms with Gasteiger partial charge in [0.15, 0.2) is 0 Å². The first kappa shape index (κ1) is 13.8. The number of hydrogen-bond acceptors (Lipinski definition) is 2. The van der Waals surface area contributed by atoms with E-state index in [2.05, 4.69) is 79.9 Å². The quantitative estimate of drug-likeness (QED) is 0.560. The van der Waals surface area contributed by atoms with Crippen molar-refractivity contribution in [2.75, 3.05) is 0 Å². The van der Waals surface area contributed by atoms with E-state index in [1.165, 1.54) is 33.0 Å². The number of benzene rings is 3. The number of rotatable bonds is 3. The molecule has 3 aromatic carbocycles. The summed E-state index contributed by atoms with van der Waals surface area (Å²) in [6.45, 7) is 4.26. The molecule has 106 valence electrons. The Bertz CT molecular complexity index is 772. The Morgan fingerprint density at radius 1 is 0.857 bits per heavy atom. The number of fused-ring (bicyclic) bond motifs is 1. The van der Waals surface area contributed by atoms with Gasteiger partial charge in [0.25, 0.3) is 0 Å². The number of aryl methyl sites for hydroxylation is 2. The van der Waals surface area contributed by atoms with Gasteiger partial charge in [-0.05, 0) is 46.9 Å². The summed E-state index contributed by atoms with van der Waals surface area (Å²) in [4.78, 5) is 0. The van der Waals surface area contributed by atoms with Crippen LogP contribution in [0.25, 0.3) is 10.8 Å². The zero-order valence-corrected chi connectivity index (χ0v) is 12.4. The van der Waals surface area contributed by atoms with Crippen molar-refractivity contribution in [3.8, 4) is 0 Å². The van der Waals surface area contributed by atoms with Crippen molar-refractivity contribution in [1.29, 1.82) is 0 Å². The molecule has 0 bridgehead atoms. The molecule has 21 heavy (non-hydrogen) atoms. The summed E-state index contributed by atoms with van der Waals surface area (Å²) in [5.41, 5.74) is 7.96. The Morgan fingerprint density at radius 3 is 2.38 bits per heavy atom. The lowest BCUT2D eigenvalue weighted by atomic mass is 9.92. The number of nitrogens with one attached hydrogen (secondary N) is 1. The van der Waals surface area contributed by atoms with E-state index in [0.29, 0.717) is 0 Å². The van der Waals surface area contributed by atoms with Crippen molar-refractivity contribution in [1.82, 2.24) is 5.43 Å². The SMILES string of the molecule is Cc1ccc(C(NN)c2cccc3ccccc23)cc1C. The molecule has 0 aliphatic carbocycles. The maximum absolute atomic E-state index is 5.87. The summed E-state index contributed by atoms with van der Waals surface area (Å²) in [6.07, 6.45) is 0. The van der Waals surface area contributed by atoms with E-state index >= 15 is 0 Å². The zero-order chi connectivity index (χ0) is 14.8. The first-order valence-electron chi connectivity index (χ1n) is 7.21. The van der Waals surface area contributed by atoms with Gasteiger partial charge in [0.1, 0.15) is 0 Å². The standard InChI is InChI=1S/C19H20N2/c1-13-10-11-16(12-14(13)2)19(21-20)18-9-5-7-15-6-3-4-8-17(15)18/h3-12,19,21H,20H2,1-2H3. The summed E-state index contributed by atoms with van der Waals surface area (Å²) in [5.74, 6) is 5.87. The van der Waals surface area contributed by atoms with Crippen LogP contribution in [-0.2, 0) is 0 Å². The molecule has 3 rings (SSSR count). The van der Waals surface area contributed by atoms with Gasteiger partial charge in [-0.25, -0.2) is 5.43 Å². The van der Waals surface area contributed by atoms with Crippen molar-refractivity contribution in [2.45, 2.75) is 19.9 Å². The second-order valence-corrected chi connectivity index (χ2v) is 5.51. The lowest BCUT2D eigenvalue weighted by Gasteiger charge is -2.20. The smallest absolute Gasteiger partial charge is 0.0716 e. The average Bonchev–Trinajstić information content (AvgIpc) is 2.52. The Labute approximate surface area is 125 Å². The van der Waals surface area contributed by atoms with E-state index in [4.69, 9.17) is 5.84 Å². The monoisotopic (exact) mass is 276 g/mol. The van der Waals surface area contributed by atoms with Gasteiger partial charge in [-0.15, -0.1) is 0 Å². The van der Waals surface area contributed by atoms with Gasteiger partial charge < -0.3 is 0 Å². The van der Waals surface area contributed by atoms with Crippen LogP contribution in [0, 0.1) is 13.8 Å². The van der Waals surface area contributed by atoms with Gasteiger partial charge in [0.05, 0.1) is 6.04 Å². The second kappa shape index (κ2) is 5.68. The molecule has 2 nitrogen and oxygen atoms in total. The first-order chi connectivity index (χ1) is 10.2. The summed E-state index contributed by atoms with van der Waals surface area (Å²) in [7, 11) is 0. The maximum Gasteiger partial charge on any atom is 0.0716 e. The topological polar surface area (TPSA) is 38.0 Å². The van der Waals surface area contributed by atoms with Crippen molar-refractivity contribution >= 4 is 10.8 Å². The molecular weight excluding hydrogens is 256 g/mol. The van der Waals surface area contributed by atoms with Gasteiger partial charge in [-0.2, -0.15) is 0 Å². The van der Waals surface area contributed by atoms with Crippen LogP contribution in [0.3, 0.4) is 0 Å². The molecule has 0 aliphatic rings. The fourth-order valence-corrected chi connectivity index (χ4v) is 2.81. The van der Waals surface area contributed by atoms with Gasteiger partial charge in [-0.1, -0.05) is 60.7 Å². The van der Waals surface area contributed by atoms with Crippen molar-refractivity contribution in [3.05, 3.63) is 82.9 Å². The Kier molecular flexibility index (Phi) is 3.74. The van der Waals surface area contributed by atoms with E-state index in [1.54, 1.807) is 0 Å². The van der Waals surface area contributed by atoms with Crippen molar-refractivity contribution in [3.63, 3.8) is 0 Å². The molecule has 0 saturated carbocycles. The van der Waals surface area contributed by atoms with Crippen LogP contribution in [-0.4, -0.2) is 0 Å². The molecule has 0 aromatic heterocycles. The predicted octanol–water partition coefficient (Wildman–Crippen LogP) is 4.01. The van der Waals surface area contributed by atoms with E-state index in [9.17, 15) is 0 Å². The van der Waals surface area contributed by atoms with Crippen LogP contribution in [0.15, 0.2) is 60.7 Å². The molecule has 0 saturated heterocycles. The highest BCUT2D eigenvalue weighted by Crippen LogP contribution is 2.29. The average molecular weight is 276 g/mol. The fraction of sp³-hybridized carbons (Fsp3) is 0.158. The third kappa shape index (κ3) is 2.56. The van der Waals surface area contributed by atoms with E-state index in [-0.39, 0.29) is 6.04 Å². The Balaban J connectivity index is 2.16. The molecule has 3 N–H and O–H groups in total. The largest absolute Gasteiger partial charge is 0.271 e. The van der Waals surface area contributed by atoms with Crippen LogP contribution in [0.4, 0.5) is 0 Å². The molecule has 3 aromatic rings. The third-order valence-corrected chi connectivity index (χ3v) is 4.17. The van der Waals surface area contributed by atoms with Gasteiger partial charge in [-0.3, -0.25) is 5.84 Å². The minimum Gasteiger partial charge on any atom is -0.271 e. The van der Waals surface area contributed by atoms with Crippen LogP contribution in [0.2, 0.25) is 0 Å². The summed E-state index contributed by atoms with van der Waals surface area (Å²) in [6, 6.07) is 21.3. The molecule has 1 unspecified atom stereocenters. The highest BCUT2D eigenvalue weighted by Gasteiger charge is 2.15. The third-order valence-electron chi connectivity index (χ3n) is 4.17. The lowest BCUT2D eigenvalue weighted by Crippen LogP contribution is -2.29. The van der Waals surface area contributed by atoms with E-state index in [0.717, 1.165) is 0 Å². The number of hydrogen-bond donors (Lipinski definition) is 2. The molecule has 0 aliphatic heterocycles. The summed E-state index contributed by atoms with van der Waals surface area (Å²) < 4.78 is 0. The fourth-order valence-electron chi connectivity index (χ4n) is 2.81. The van der Waals surface area contributed by atoms with E-state index < -0.39 is 0 Å². The van der Waals surface area contributed by atoms with Gasteiger partial charge in [0, 0.05) is 0 Å². The van der Waals surface area contributed by atoms with Crippen LogP contribution < -0.4 is 11.3 Å². The predicted molar refractivity (Wildman–Crippen MR) is 89.0 cm³/mol. The molecule has 1 atom stereocenters. The van der Waals surface area contributed by atoms with Crippen LogP contribution in [0.1, 0.15) is 28.3 Å². The van der Waals surface area contributed by atoms with Crippen LogP contribution in [0.5, 0.6) is 0 Å². The summed E-state index contributed by atoms with van der Waals surface area (Å²) >= 11 is 0. The van der Waals surface area contributed by atoms with Crippen molar-refractivity contribution in [2.24, 2.45) is 5.84 Å². The summed E-state index contributed by atoms with van der Waals surface area (Å²) in [5, 5.41) is 2.47. The maximum atomic E-state index is 5.87. The molecule has 0 spiro atoms. The first-order valence-corrected chi connectivity index (χ1v) is 7.21. The minimum atomic E-state index is -0.00426. The molecule has 0 fully saturated rings. The number of hydrazine groups is 1. The minimum absolute atomic E-state index is 0.00426. The Hall–Kier alpha value is -2.16. The Morgan fingerprint density at radius 2 is 1.62 bits per heavy atom. The molecular formula is C19H20N2. The van der Waals surface area contributed by atoms with E-state index in [1.807, 2.05) is 0 Å². The van der Waals surface area contributed by atoms with Gasteiger partial charge in [0.2, 0.25) is 0 Å². The van der Waals surface area contributed by atoms with Crippen LogP contribution >= 0.6 is 0 Å². The lowest BCUT2D eigenvalue weighted by molar-refractivity contribution is 0.640. The normalized spacial score (nSPS) is 12.5. The molecule has 0 amide bonds. The highest BCUT2D eigenvalue weighted by molar-refractivity contribution is 5.86. The highest BCUT2D eigenvalue weighted by atomic mass is 15.2. The molecule has 0 heterocycles. The number of nitrogens with two attached hydrogens (primary N) is 1. The molecule has 0 radical (unpaired) electrons. The van der Waals surface area contributed by atoms with Crippen molar-refractivity contribution < 1.29 is 0 Å².